The summed E-state index contributed by atoms with van der Waals surface area (Å²) in [5.41, 5.74) is -0.347. The Morgan fingerprint density at radius 2 is 2.29 bits per heavy atom. The van der Waals surface area contributed by atoms with Crippen LogP contribution in [0.4, 0.5) is 0 Å². The molecule has 8 heteroatoms. The van der Waals surface area contributed by atoms with Gasteiger partial charge in [0.05, 0.1) is 12.1 Å². The first-order valence-corrected chi connectivity index (χ1v) is 8.33. The lowest BCUT2D eigenvalue weighted by Gasteiger charge is -2.39. The lowest BCUT2D eigenvalue weighted by atomic mass is 9.92. The lowest BCUT2D eigenvalue weighted by Crippen LogP contribution is -2.60. The number of aliphatic hydroxyl groups is 2. The second-order valence-electron chi connectivity index (χ2n) is 5.91. The third-order valence-electron chi connectivity index (χ3n) is 4.27. The van der Waals surface area contributed by atoms with Crippen LogP contribution in [0.25, 0.3) is 0 Å². The molecule has 3 N–H and O–H groups in total. The molecular formula is C13H21N3O4S. The summed E-state index contributed by atoms with van der Waals surface area (Å²) in [5, 5.41) is 27.1. The van der Waals surface area contributed by atoms with Gasteiger partial charge >= 0.3 is 0 Å². The van der Waals surface area contributed by atoms with E-state index in [0.29, 0.717) is 12.3 Å². The van der Waals surface area contributed by atoms with Gasteiger partial charge in [-0.25, -0.2) is 0 Å². The molecule has 0 aromatic carbocycles. The van der Waals surface area contributed by atoms with Gasteiger partial charge in [-0.3, -0.25) is 4.99 Å². The predicted octanol–water partition coefficient (Wildman–Crippen LogP) is 0.449. The number of hydrogen-bond acceptors (Lipinski definition) is 7. The van der Waals surface area contributed by atoms with E-state index in [0.717, 1.165) is 11.7 Å². The molecule has 1 unspecified atom stereocenters. The van der Waals surface area contributed by atoms with Gasteiger partial charge < -0.3 is 20.3 Å². The number of nitroso groups, excluding NO2 is 1. The van der Waals surface area contributed by atoms with Crippen molar-refractivity contribution < 1.29 is 14.9 Å². The van der Waals surface area contributed by atoms with Crippen LogP contribution in [0.5, 0.6) is 0 Å². The molecule has 3 rings (SSSR count). The molecule has 2 heterocycles. The Kier molecular flexibility index (Phi) is 4.49. The molecule has 0 spiro atoms. The van der Waals surface area contributed by atoms with Crippen LogP contribution in [0, 0.1) is 10.8 Å². The Hall–Kier alpha value is -0.700. The zero-order valence-corrected chi connectivity index (χ0v) is 12.7. The normalized spacial score (nSPS) is 42.4. The molecule has 118 valence electrons. The second kappa shape index (κ2) is 6.20. The first-order chi connectivity index (χ1) is 10.1. The molecule has 3 fully saturated rings. The predicted molar refractivity (Wildman–Crippen MR) is 80.1 cm³/mol. The summed E-state index contributed by atoms with van der Waals surface area (Å²) in [6.07, 6.45) is 0.217. The highest BCUT2D eigenvalue weighted by Crippen LogP contribution is 2.37. The van der Waals surface area contributed by atoms with Crippen molar-refractivity contribution in [3.8, 4) is 0 Å². The number of thioether (sulfide) groups is 1. The number of nitrogens with zero attached hydrogens (tertiary/aromatic N) is 2. The topological polar surface area (TPSA) is 104 Å². The third kappa shape index (κ3) is 3.08. The molecule has 1 aliphatic carbocycles. The van der Waals surface area contributed by atoms with Crippen LogP contribution in [0.1, 0.15) is 26.2 Å². The van der Waals surface area contributed by atoms with Gasteiger partial charge in [-0.15, -0.1) is 0 Å². The van der Waals surface area contributed by atoms with Gasteiger partial charge in [0.1, 0.15) is 23.7 Å². The molecule has 1 saturated carbocycles. The van der Waals surface area contributed by atoms with E-state index in [4.69, 9.17) is 4.74 Å². The molecule has 0 amide bonds. The molecule has 21 heavy (non-hydrogen) atoms. The number of ether oxygens (including phenoxy) is 1. The number of nitrogens with one attached hydrogen (secondary N) is 1. The van der Waals surface area contributed by atoms with Gasteiger partial charge in [-0.05, 0) is 25.2 Å². The minimum Gasteiger partial charge on any atom is -0.390 e. The van der Waals surface area contributed by atoms with E-state index in [1.807, 2.05) is 0 Å². The van der Waals surface area contributed by atoms with Gasteiger partial charge in [0.15, 0.2) is 5.17 Å². The van der Waals surface area contributed by atoms with Crippen LogP contribution in [0.15, 0.2) is 10.2 Å². The minimum absolute atomic E-state index is 0.347. The summed E-state index contributed by atoms with van der Waals surface area (Å²) in [6, 6.07) is -1.23. The highest BCUT2D eigenvalue weighted by atomic mass is 32.2. The largest absolute Gasteiger partial charge is 0.390 e. The van der Waals surface area contributed by atoms with Crippen molar-refractivity contribution in [2.24, 2.45) is 16.1 Å². The Labute approximate surface area is 127 Å². The van der Waals surface area contributed by atoms with Gasteiger partial charge in [-0.1, -0.05) is 23.9 Å². The molecule has 0 aromatic heterocycles. The Balaban J connectivity index is 1.71. The number of rotatable bonds is 5. The highest BCUT2D eigenvalue weighted by molar-refractivity contribution is 8.14. The Bertz CT molecular complexity index is 432. The first kappa shape index (κ1) is 15.2. The van der Waals surface area contributed by atoms with E-state index >= 15 is 0 Å². The van der Waals surface area contributed by atoms with E-state index in [9.17, 15) is 15.1 Å². The van der Waals surface area contributed by atoms with Crippen LogP contribution in [-0.2, 0) is 4.74 Å². The van der Waals surface area contributed by atoms with Gasteiger partial charge in [0.2, 0.25) is 0 Å². The monoisotopic (exact) mass is 315 g/mol. The summed E-state index contributed by atoms with van der Waals surface area (Å²) >= 11 is 1.41. The summed E-state index contributed by atoms with van der Waals surface area (Å²) in [6.45, 7) is 2.59. The smallest absolute Gasteiger partial charge is 0.159 e. The maximum absolute atomic E-state index is 11.1. The molecule has 3 aliphatic rings. The molecule has 6 atom stereocenters. The fraction of sp³-hybridized carbons (Fsp3) is 0.923. The standard InChI is InChI=1S/C13H21N3O4S/c1-2-7(17)11-10(18)8(16-19)9-12(20-11)21-13(15-9)14-5-6-3-4-6/h6-12,17-18H,2-5H2,1H3,(H,14,15)/t7-,8+,9+,10-,11+,12?/m0/s1. The van der Waals surface area contributed by atoms with Crippen molar-refractivity contribution in [3.63, 3.8) is 0 Å². The molecule has 0 radical (unpaired) electrons. The minimum atomic E-state index is -1.10. The van der Waals surface area contributed by atoms with E-state index in [-0.39, 0.29) is 11.5 Å². The number of aliphatic imine (C=N–C) groups is 1. The summed E-state index contributed by atoms with van der Waals surface area (Å²) < 4.78 is 5.78. The average molecular weight is 315 g/mol. The van der Waals surface area contributed by atoms with Crippen molar-refractivity contribution in [2.75, 3.05) is 6.54 Å². The number of fused-ring (bicyclic) bond motifs is 1. The van der Waals surface area contributed by atoms with Crippen LogP contribution in [0.2, 0.25) is 0 Å². The number of aliphatic hydroxyl groups excluding tert-OH is 2. The summed E-state index contributed by atoms with van der Waals surface area (Å²) in [7, 11) is 0. The maximum atomic E-state index is 11.1. The van der Waals surface area contributed by atoms with Crippen molar-refractivity contribution in [3.05, 3.63) is 4.91 Å². The molecule has 0 aromatic rings. The fourth-order valence-corrected chi connectivity index (χ4v) is 3.84. The van der Waals surface area contributed by atoms with Crippen molar-refractivity contribution in [1.29, 1.82) is 0 Å². The van der Waals surface area contributed by atoms with E-state index in [1.54, 1.807) is 6.92 Å². The Morgan fingerprint density at radius 1 is 1.52 bits per heavy atom. The van der Waals surface area contributed by atoms with E-state index in [2.05, 4.69) is 15.5 Å². The quantitative estimate of drug-likeness (QED) is 0.636. The van der Waals surface area contributed by atoms with Gasteiger partial charge in [0.25, 0.3) is 0 Å². The molecule has 2 aliphatic heterocycles. The van der Waals surface area contributed by atoms with Crippen molar-refractivity contribution in [1.82, 2.24) is 5.32 Å². The van der Waals surface area contributed by atoms with Gasteiger partial charge in [0, 0.05) is 6.54 Å². The van der Waals surface area contributed by atoms with E-state index in [1.165, 1.54) is 24.6 Å². The second-order valence-corrected chi connectivity index (χ2v) is 7.00. The average Bonchev–Trinajstić information content (AvgIpc) is 3.23. The van der Waals surface area contributed by atoms with Crippen LogP contribution in [-0.4, -0.2) is 57.8 Å². The fourth-order valence-electron chi connectivity index (χ4n) is 2.70. The summed E-state index contributed by atoms with van der Waals surface area (Å²) in [5.74, 6) is 0.684. The van der Waals surface area contributed by atoms with Crippen molar-refractivity contribution >= 4 is 16.9 Å². The maximum Gasteiger partial charge on any atom is 0.159 e. The van der Waals surface area contributed by atoms with Crippen LogP contribution < -0.4 is 5.32 Å². The molecule has 7 nitrogen and oxygen atoms in total. The zero-order valence-electron chi connectivity index (χ0n) is 11.9. The van der Waals surface area contributed by atoms with Gasteiger partial charge in [-0.2, -0.15) is 4.91 Å². The molecule has 0 bridgehead atoms. The van der Waals surface area contributed by atoms with Crippen molar-refractivity contribution in [2.45, 2.75) is 62.0 Å². The van der Waals surface area contributed by atoms with E-state index < -0.39 is 24.4 Å². The third-order valence-corrected chi connectivity index (χ3v) is 5.37. The molecular weight excluding hydrogens is 294 g/mol. The van der Waals surface area contributed by atoms with Crippen LogP contribution >= 0.6 is 11.8 Å². The first-order valence-electron chi connectivity index (χ1n) is 7.45. The molecule has 2 saturated heterocycles. The zero-order chi connectivity index (χ0) is 15.0. The SMILES string of the molecule is CC[C@H](O)[C@H]1OC2SC(=NCC3CC3)N[C@@H]2[C@@H](N=O)[C@@H]1O. The Morgan fingerprint density at radius 3 is 2.90 bits per heavy atom. The summed E-state index contributed by atoms with van der Waals surface area (Å²) in [4.78, 5) is 15.6. The number of amidine groups is 1. The highest BCUT2D eigenvalue weighted by Gasteiger charge is 2.52. The lowest BCUT2D eigenvalue weighted by molar-refractivity contribution is -0.150. The van der Waals surface area contributed by atoms with Crippen LogP contribution in [0.3, 0.4) is 0 Å². The number of hydrogen-bond donors (Lipinski definition) is 3.